The zero-order chi connectivity index (χ0) is 10.6. The summed E-state index contributed by atoms with van der Waals surface area (Å²) in [5.74, 6) is 0.0454. The van der Waals surface area contributed by atoms with Gasteiger partial charge in [0.2, 0.25) is 5.91 Å². The summed E-state index contributed by atoms with van der Waals surface area (Å²) in [6.07, 6.45) is 1.55. The molecule has 2 unspecified atom stereocenters. The molecule has 0 aromatic heterocycles. The third kappa shape index (κ3) is 2.45. The maximum absolute atomic E-state index is 11.6. The zero-order valence-electron chi connectivity index (χ0n) is 8.90. The first kappa shape index (κ1) is 11.5. The molecule has 4 heteroatoms. The molecule has 0 aromatic carbocycles. The monoisotopic (exact) mass is 201 g/mol. The Labute approximate surface area is 84.8 Å². The van der Waals surface area contributed by atoms with Gasteiger partial charge in [-0.3, -0.25) is 4.79 Å². The first-order chi connectivity index (χ1) is 6.70. The van der Waals surface area contributed by atoms with Crippen molar-refractivity contribution >= 4 is 5.91 Å². The molecule has 14 heavy (non-hydrogen) atoms. The summed E-state index contributed by atoms with van der Waals surface area (Å²) >= 11 is 0. The highest BCUT2D eigenvalue weighted by Crippen LogP contribution is 2.16. The summed E-state index contributed by atoms with van der Waals surface area (Å²) < 4.78 is 5.17. The highest BCUT2D eigenvalue weighted by Gasteiger charge is 2.30. The fourth-order valence-corrected chi connectivity index (χ4v) is 1.81. The third-order valence-corrected chi connectivity index (χ3v) is 2.75. The molecule has 0 aliphatic carbocycles. The summed E-state index contributed by atoms with van der Waals surface area (Å²) in [6, 6.07) is 0.291. The number of hydrogen-bond acceptors (Lipinski definition) is 3. The number of aliphatic hydroxyl groups excluding tert-OH is 1. The molecule has 0 bridgehead atoms. The SMILES string of the molecule is CCC(C)N1C(=O)COCC1CCO. The Kier molecular flexibility index (Phi) is 4.35. The summed E-state index contributed by atoms with van der Waals surface area (Å²) in [5, 5.41) is 8.88. The maximum atomic E-state index is 11.6. The Morgan fingerprint density at radius 1 is 1.71 bits per heavy atom. The van der Waals surface area contributed by atoms with Gasteiger partial charge in [-0.1, -0.05) is 6.92 Å². The Bertz CT molecular complexity index is 194. The Morgan fingerprint density at radius 3 is 3.00 bits per heavy atom. The summed E-state index contributed by atoms with van der Waals surface area (Å²) in [6.45, 7) is 4.94. The maximum Gasteiger partial charge on any atom is 0.249 e. The van der Waals surface area contributed by atoms with Crippen LogP contribution in [0.2, 0.25) is 0 Å². The van der Waals surface area contributed by atoms with E-state index in [1.165, 1.54) is 0 Å². The predicted octanol–water partition coefficient (Wildman–Crippen LogP) is 0.395. The molecule has 2 atom stereocenters. The molecule has 1 amide bonds. The van der Waals surface area contributed by atoms with Crippen molar-refractivity contribution < 1.29 is 14.6 Å². The molecule has 0 radical (unpaired) electrons. The molecule has 1 aliphatic heterocycles. The molecule has 0 saturated carbocycles. The minimum atomic E-state index is 0.0454. The van der Waals surface area contributed by atoms with Gasteiger partial charge >= 0.3 is 0 Å². The Hall–Kier alpha value is -0.610. The molecule has 82 valence electrons. The van der Waals surface area contributed by atoms with Crippen LogP contribution in [-0.4, -0.2) is 47.8 Å². The van der Waals surface area contributed by atoms with E-state index in [-0.39, 0.29) is 31.2 Å². The van der Waals surface area contributed by atoms with E-state index < -0.39 is 0 Å². The summed E-state index contributed by atoms with van der Waals surface area (Å²) in [4.78, 5) is 13.5. The molecule has 1 saturated heterocycles. The van der Waals surface area contributed by atoms with Gasteiger partial charge in [-0.15, -0.1) is 0 Å². The average molecular weight is 201 g/mol. The van der Waals surface area contributed by atoms with Crippen molar-refractivity contribution in [1.82, 2.24) is 4.90 Å². The van der Waals surface area contributed by atoms with Crippen LogP contribution in [0.25, 0.3) is 0 Å². The van der Waals surface area contributed by atoms with E-state index in [1.54, 1.807) is 0 Å². The summed E-state index contributed by atoms with van der Waals surface area (Å²) in [7, 11) is 0. The second-order valence-electron chi connectivity index (χ2n) is 3.74. The smallest absolute Gasteiger partial charge is 0.249 e. The van der Waals surface area contributed by atoms with Gasteiger partial charge in [-0.05, 0) is 19.8 Å². The van der Waals surface area contributed by atoms with Crippen molar-refractivity contribution in [2.45, 2.75) is 38.8 Å². The first-order valence-electron chi connectivity index (χ1n) is 5.20. The lowest BCUT2D eigenvalue weighted by molar-refractivity contribution is -0.152. The molecule has 4 nitrogen and oxygen atoms in total. The Balaban J connectivity index is 2.65. The number of ether oxygens (including phenoxy) is 1. The number of amides is 1. The first-order valence-corrected chi connectivity index (χ1v) is 5.20. The van der Waals surface area contributed by atoms with E-state index in [2.05, 4.69) is 6.92 Å². The normalized spacial score (nSPS) is 25.2. The van der Waals surface area contributed by atoms with Crippen LogP contribution < -0.4 is 0 Å². The predicted molar refractivity (Wildman–Crippen MR) is 52.9 cm³/mol. The number of carbonyl (C=O) groups is 1. The fraction of sp³-hybridized carbons (Fsp3) is 0.900. The molecule has 1 aliphatic rings. The number of rotatable bonds is 4. The minimum absolute atomic E-state index is 0.0454. The van der Waals surface area contributed by atoms with Crippen LogP contribution in [0.15, 0.2) is 0 Å². The van der Waals surface area contributed by atoms with E-state index in [0.29, 0.717) is 13.0 Å². The van der Waals surface area contributed by atoms with Gasteiger partial charge in [0.1, 0.15) is 6.61 Å². The summed E-state index contributed by atoms with van der Waals surface area (Å²) in [5.41, 5.74) is 0. The van der Waals surface area contributed by atoms with Gasteiger partial charge < -0.3 is 14.7 Å². The number of hydrogen-bond donors (Lipinski definition) is 1. The second-order valence-corrected chi connectivity index (χ2v) is 3.74. The van der Waals surface area contributed by atoms with Gasteiger partial charge in [-0.2, -0.15) is 0 Å². The van der Waals surface area contributed by atoms with Crippen LogP contribution in [0.3, 0.4) is 0 Å². The van der Waals surface area contributed by atoms with Gasteiger partial charge in [-0.25, -0.2) is 0 Å². The van der Waals surface area contributed by atoms with E-state index >= 15 is 0 Å². The van der Waals surface area contributed by atoms with Crippen LogP contribution in [0.1, 0.15) is 26.7 Å². The average Bonchev–Trinajstić information content (AvgIpc) is 2.18. The lowest BCUT2D eigenvalue weighted by Crippen LogP contribution is -2.53. The molecule has 0 aromatic rings. The number of aliphatic hydroxyl groups is 1. The van der Waals surface area contributed by atoms with Crippen molar-refractivity contribution in [3.8, 4) is 0 Å². The van der Waals surface area contributed by atoms with Gasteiger partial charge in [0.05, 0.1) is 12.6 Å². The van der Waals surface area contributed by atoms with Gasteiger partial charge in [0, 0.05) is 12.6 Å². The topological polar surface area (TPSA) is 49.8 Å². The number of carbonyl (C=O) groups excluding carboxylic acids is 1. The molecular weight excluding hydrogens is 182 g/mol. The fourth-order valence-electron chi connectivity index (χ4n) is 1.81. The van der Waals surface area contributed by atoms with E-state index in [4.69, 9.17) is 9.84 Å². The lowest BCUT2D eigenvalue weighted by Gasteiger charge is -2.39. The second kappa shape index (κ2) is 5.32. The van der Waals surface area contributed by atoms with Crippen LogP contribution in [0.4, 0.5) is 0 Å². The molecule has 1 heterocycles. The highest BCUT2D eigenvalue weighted by molar-refractivity contribution is 5.78. The molecule has 1 rings (SSSR count). The molecule has 1 N–H and O–H groups in total. The number of nitrogens with zero attached hydrogens (tertiary/aromatic N) is 1. The van der Waals surface area contributed by atoms with E-state index in [1.807, 2.05) is 11.8 Å². The molecule has 1 fully saturated rings. The highest BCUT2D eigenvalue weighted by atomic mass is 16.5. The van der Waals surface area contributed by atoms with Crippen LogP contribution in [0.5, 0.6) is 0 Å². The van der Waals surface area contributed by atoms with Crippen molar-refractivity contribution in [2.24, 2.45) is 0 Å². The zero-order valence-corrected chi connectivity index (χ0v) is 8.90. The van der Waals surface area contributed by atoms with Crippen LogP contribution in [0, 0.1) is 0 Å². The van der Waals surface area contributed by atoms with Crippen LogP contribution >= 0.6 is 0 Å². The van der Waals surface area contributed by atoms with Crippen molar-refractivity contribution in [3.63, 3.8) is 0 Å². The van der Waals surface area contributed by atoms with Gasteiger partial charge in [0.25, 0.3) is 0 Å². The van der Waals surface area contributed by atoms with Crippen molar-refractivity contribution in [1.29, 1.82) is 0 Å². The standard InChI is InChI=1S/C10H19NO3/c1-3-8(2)11-9(4-5-12)6-14-7-10(11)13/h8-9,12H,3-7H2,1-2H3. The van der Waals surface area contributed by atoms with Gasteiger partial charge in [0.15, 0.2) is 0 Å². The third-order valence-electron chi connectivity index (χ3n) is 2.75. The molecular formula is C10H19NO3. The number of morpholine rings is 1. The largest absolute Gasteiger partial charge is 0.396 e. The van der Waals surface area contributed by atoms with Crippen molar-refractivity contribution in [2.75, 3.05) is 19.8 Å². The quantitative estimate of drug-likeness (QED) is 0.716. The van der Waals surface area contributed by atoms with E-state index in [9.17, 15) is 4.79 Å². The van der Waals surface area contributed by atoms with Crippen LogP contribution in [-0.2, 0) is 9.53 Å². The Morgan fingerprint density at radius 2 is 2.43 bits per heavy atom. The van der Waals surface area contributed by atoms with Crippen molar-refractivity contribution in [3.05, 3.63) is 0 Å². The van der Waals surface area contributed by atoms with E-state index in [0.717, 1.165) is 6.42 Å². The minimum Gasteiger partial charge on any atom is -0.396 e. The molecule has 0 spiro atoms. The lowest BCUT2D eigenvalue weighted by atomic mass is 10.1.